The number of hydrogen-bond acceptors (Lipinski definition) is 4. The largest absolute Gasteiger partial charge is 0.508 e. The summed E-state index contributed by atoms with van der Waals surface area (Å²) in [5, 5.41) is 9.18. The summed E-state index contributed by atoms with van der Waals surface area (Å²) in [5.41, 5.74) is 5.54. The molecule has 0 bridgehead atoms. The van der Waals surface area contributed by atoms with E-state index in [9.17, 15) is 5.11 Å². The summed E-state index contributed by atoms with van der Waals surface area (Å²) in [6.07, 6.45) is 2.37. The lowest BCUT2D eigenvalue weighted by atomic mass is 10.1. The van der Waals surface area contributed by atoms with E-state index >= 15 is 0 Å². The third-order valence-electron chi connectivity index (χ3n) is 3.12. The van der Waals surface area contributed by atoms with Gasteiger partial charge in [0.1, 0.15) is 17.6 Å². The van der Waals surface area contributed by atoms with Crippen LogP contribution in [0.25, 0.3) is 0 Å². The van der Waals surface area contributed by atoms with Crippen molar-refractivity contribution in [3.8, 4) is 11.5 Å². The number of nitrogens with zero attached hydrogens (tertiary/aromatic N) is 1. The minimum absolute atomic E-state index is 0.273. The average Bonchev–Trinajstić information content (AvgIpc) is 2.35. The molecule has 1 fully saturated rings. The molecule has 0 aromatic heterocycles. The number of aromatic hydroxyl groups is 1. The van der Waals surface area contributed by atoms with Crippen LogP contribution in [-0.4, -0.2) is 42.3 Å². The number of benzene rings is 1. The molecule has 0 radical (unpaired) electrons. The smallest absolute Gasteiger partial charge is 0.119 e. The summed E-state index contributed by atoms with van der Waals surface area (Å²) in [5.74, 6) is 1.11. The van der Waals surface area contributed by atoms with Gasteiger partial charge < -0.3 is 20.5 Å². The highest BCUT2D eigenvalue weighted by Crippen LogP contribution is 2.21. The maximum absolute atomic E-state index is 9.18. The number of phenols is 1. The van der Waals surface area contributed by atoms with E-state index in [1.165, 1.54) is 0 Å². The first kappa shape index (κ1) is 12.2. The van der Waals surface area contributed by atoms with Gasteiger partial charge in [-0.2, -0.15) is 0 Å². The molecule has 1 aromatic rings. The lowest BCUT2D eigenvalue weighted by Crippen LogP contribution is -2.40. The van der Waals surface area contributed by atoms with Crippen molar-refractivity contribution >= 4 is 0 Å². The lowest BCUT2D eigenvalue weighted by Gasteiger charge is -2.31. The number of nitrogens with two attached hydrogens (primary N) is 1. The Morgan fingerprint density at radius 3 is 2.47 bits per heavy atom. The van der Waals surface area contributed by atoms with Crippen LogP contribution in [0.3, 0.4) is 0 Å². The second kappa shape index (κ2) is 5.89. The zero-order valence-electron chi connectivity index (χ0n) is 10.0. The molecule has 1 saturated heterocycles. The Labute approximate surface area is 102 Å². The van der Waals surface area contributed by atoms with Crippen LogP contribution in [0.2, 0.25) is 0 Å². The number of hydrogen-bond donors (Lipinski definition) is 2. The van der Waals surface area contributed by atoms with Crippen molar-refractivity contribution in [2.75, 3.05) is 26.2 Å². The van der Waals surface area contributed by atoms with E-state index in [2.05, 4.69) is 4.90 Å². The van der Waals surface area contributed by atoms with E-state index in [0.717, 1.165) is 44.8 Å². The molecule has 1 aliphatic rings. The van der Waals surface area contributed by atoms with Gasteiger partial charge in [-0.15, -0.1) is 0 Å². The zero-order chi connectivity index (χ0) is 12.1. The fourth-order valence-corrected chi connectivity index (χ4v) is 2.15. The average molecular weight is 236 g/mol. The highest BCUT2D eigenvalue weighted by atomic mass is 16.5. The van der Waals surface area contributed by atoms with Gasteiger partial charge in [-0.1, -0.05) is 0 Å². The second-order valence-corrected chi connectivity index (χ2v) is 4.44. The molecule has 0 saturated carbocycles. The first-order valence-electron chi connectivity index (χ1n) is 6.16. The maximum Gasteiger partial charge on any atom is 0.119 e. The molecule has 94 valence electrons. The van der Waals surface area contributed by atoms with Crippen molar-refractivity contribution < 1.29 is 9.84 Å². The van der Waals surface area contributed by atoms with Gasteiger partial charge in [0, 0.05) is 26.2 Å². The summed E-state index contributed by atoms with van der Waals surface area (Å²) >= 11 is 0. The van der Waals surface area contributed by atoms with E-state index < -0.39 is 0 Å². The number of phenolic OH excluding ortho intramolecular Hbond substituents is 1. The zero-order valence-corrected chi connectivity index (χ0v) is 10.0. The normalized spacial score (nSPS) is 18.2. The monoisotopic (exact) mass is 236 g/mol. The third kappa shape index (κ3) is 3.61. The van der Waals surface area contributed by atoms with Crippen LogP contribution in [0.4, 0.5) is 0 Å². The highest BCUT2D eigenvalue weighted by Gasteiger charge is 2.19. The number of piperidine rings is 1. The Morgan fingerprint density at radius 1 is 1.24 bits per heavy atom. The van der Waals surface area contributed by atoms with Crippen molar-refractivity contribution in [2.24, 2.45) is 5.73 Å². The quantitative estimate of drug-likeness (QED) is 0.824. The SMILES string of the molecule is NCCN1CCC(Oc2ccc(O)cc2)CC1. The third-order valence-corrected chi connectivity index (χ3v) is 3.12. The summed E-state index contributed by atoms with van der Waals surface area (Å²) in [7, 11) is 0. The maximum atomic E-state index is 9.18. The van der Waals surface area contributed by atoms with Crippen LogP contribution < -0.4 is 10.5 Å². The Kier molecular flexibility index (Phi) is 4.23. The minimum atomic E-state index is 0.273. The fraction of sp³-hybridized carbons (Fsp3) is 0.538. The Morgan fingerprint density at radius 2 is 1.88 bits per heavy atom. The number of likely N-dealkylation sites (tertiary alicyclic amines) is 1. The minimum Gasteiger partial charge on any atom is -0.508 e. The van der Waals surface area contributed by atoms with Crippen LogP contribution in [0.1, 0.15) is 12.8 Å². The van der Waals surface area contributed by atoms with E-state index in [4.69, 9.17) is 10.5 Å². The van der Waals surface area contributed by atoms with Gasteiger partial charge in [0.15, 0.2) is 0 Å². The summed E-state index contributed by atoms with van der Waals surface area (Å²) < 4.78 is 5.87. The molecule has 2 rings (SSSR count). The van der Waals surface area contributed by atoms with E-state index in [1.807, 2.05) is 12.1 Å². The summed E-state index contributed by atoms with van der Waals surface area (Å²) in [4.78, 5) is 2.37. The lowest BCUT2D eigenvalue weighted by molar-refractivity contribution is 0.102. The molecule has 0 amide bonds. The molecule has 1 aromatic carbocycles. The molecule has 17 heavy (non-hydrogen) atoms. The summed E-state index contributed by atoms with van der Waals surface area (Å²) in [6, 6.07) is 6.92. The molecule has 4 heteroatoms. The van der Waals surface area contributed by atoms with Gasteiger partial charge in [-0.05, 0) is 37.1 Å². The van der Waals surface area contributed by atoms with E-state index in [0.29, 0.717) is 0 Å². The van der Waals surface area contributed by atoms with Gasteiger partial charge in [-0.3, -0.25) is 0 Å². The summed E-state index contributed by atoms with van der Waals surface area (Å²) in [6.45, 7) is 3.81. The Balaban J connectivity index is 1.79. The van der Waals surface area contributed by atoms with Crippen molar-refractivity contribution in [1.82, 2.24) is 4.90 Å². The standard InChI is InChI=1S/C13H20N2O2/c14-7-10-15-8-5-13(6-9-15)17-12-3-1-11(16)2-4-12/h1-4,13,16H,5-10,14H2. The topological polar surface area (TPSA) is 58.7 Å². The molecule has 0 aliphatic carbocycles. The number of ether oxygens (including phenoxy) is 1. The van der Waals surface area contributed by atoms with Gasteiger partial charge in [0.25, 0.3) is 0 Å². The molecule has 1 aliphatic heterocycles. The predicted octanol–water partition coefficient (Wildman–Crippen LogP) is 1.19. The molecule has 0 spiro atoms. The molecule has 0 unspecified atom stereocenters. The molecule has 4 nitrogen and oxygen atoms in total. The Bertz CT molecular complexity index is 332. The van der Waals surface area contributed by atoms with Crippen molar-refractivity contribution in [3.63, 3.8) is 0 Å². The number of rotatable bonds is 4. The van der Waals surface area contributed by atoms with Crippen LogP contribution in [0.5, 0.6) is 11.5 Å². The first-order valence-corrected chi connectivity index (χ1v) is 6.16. The fourth-order valence-electron chi connectivity index (χ4n) is 2.15. The van der Waals surface area contributed by atoms with Crippen molar-refractivity contribution in [1.29, 1.82) is 0 Å². The molecule has 1 heterocycles. The first-order chi connectivity index (χ1) is 8.28. The molecule has 0 atom stereocenters. The van der Waals surface area contributed by atoms with Crippen LogP contribution in [-0.2, 0) is 0 Å². The molecular weight excluding hydrogens is 216 g/mol. The van der Waals surface area contributed by atoms with Crippen LogP contribution in [0.15, 0.2) is 24.3 Å². The highest BCUT2D eigenvalue weighted by molar-refractivity contribution is 5.30. The Hall–Kier alpha value is -1.26. The van der Waals surface area contributed by atoms with Gasteiger partial charge >= 0.3 is 0 Å². The molecule has 3 N–H and O–H groups in total. The molecular formula is C13H20N2O2. The van der Waals surface area contributed by atoms with Gasteiger partial charge in [0.2, 0.25) is 0 Å². The predicted molar refractivity (Wildman–Crippen MR) is 67.3 cm³/mol. The van der Waals surface area contributed by atoms with Gasteiger partial charge in [0.05, 0.1) is 0 Å². The van der Waals surface area contributed by atoms with Crippen molar-refractivity contribution in [3.05, 3.63) is 24.3 Å². The van der Waals surface area contributed by atoms with E-state index in [-0.39, 0.29) is 11.9 Å². The van der Waals surface area contributed by atoms with Gasteiger partial charge in [-0.25, -0.2) is 0 Å². The van der Waals surface area contributed by atoms with Crippen LogP contribution >= 0.6 is 0 Å². The van der Waals surface area contributed by atoms with Crippen LogP contribution in [0, 0.1) is 0 Å². The second-order valence-electron chi connectivity index (χ2n) is 4.44. The van der Waals surface area contributed by atoms with E-state index in [1.54, 1.807) is 12.1 Å². The van der Waals surface area contributed by atoms with Crippen molar-refractivity contribution in [2.45, 2.75) is 18.9 Å².